The molecular weight excluding hydrogens is 273 g/mol. The van der Waals surface area contributed by atoms with E-state index in [2.05, 4.69) is 15.5 Å². The van der Waals surface area contributed by atoms with Gasteiger partial charge in [-0.2, -0.15) is 0 Å². The quantitative estimate of drug-likeness (QED) is 0.855. The van der Waals surface area contributed by atoms with E-state index >= 15 is 0 Å². The number of halogens is 1. The number of ether oxygens (including phenoxy) is 1. The zero-order valence-electron chi connectivity index (χ0n) is 12.1. The van der Waals surface area contributed by atoms with Crippen LogP contribution in [0.3, 0.4) is 0 Å². The Labute approximate surface area is 122 Å². The van der Waals surface area contributed by atoms with Gasteiger partial charge in [0.25, 0.3) is 0 Å². The van der Waals surface area contributed by atoms with Crippen LogP contribution in [0.5, 0.6) is 0 Å². The highest BCUT2D eigenvalue weighted by Gasteiger charge is 2.33. The highest BCUT2D eigenvalue weighted by atomic mass is 19.1. The fourth-order valence-corrected chi connectivity index (χ4v) is 2.65. The van der Waals surface area contributed by atoms with E-state index in [1.807, 2.05) is 6.92 Å². The molecule has 6 nitrogen and oxygen atoms in total. The van der Waals surface area contributed by atoms with Crippen molar-refractivity contribution >= 4 is 5.69 Å². The van der Waals surface area contributed by atoms with Gasteiger partial charge < -0.3 is 10.5 Å². The van der Waals surface area contributed by atoms with Crippen LogP contribution in [0.4, 0.5) is 10.1 Å². The molecule has 2 heterocycles. The van der Waals surface area contributed by atoms with Gasteiger partial charge in [-0.15, -0.1) is 5.10 Å². The summed E-state index contributed by atoms with van der Waals surface area (Å²) in [6.45, 7) is 4.97. The molecule has 1 aromatic heterocycles. The lowest BCUT2D eigenvalue weighted by molar-refractivity contribution is 0.00348. The molecule has 1 aliphatic rings. The first-order valence-corrected chi connectivity index (χ1v) is 6.94. The lowest BCUT2D eigenvalue weighted by atomic mass is 9.94. The predicted octanol–water partition coefficient (Wildman–Crippen LogP) is 1.90. The first-order valence-electron chi connectivity index (χ1n) is 6.94. The Bertz CT molecular complexity index is 640. The lowest BCUT2D eigenvalue weighted by Gasteiger charge is -2.33. The summed E-state index contributed by atoms with van der Waals surface area (Å²) in [5.41, 5.74) is 6.92. The van der Waals surface area contributed by atoms with Crippen LogP contribution in [0.25, 0.3) is 11.4 Å². The van der Waals surface area contributed by atoms with Gasteiger partial charge >= 0.3 is 0 Å². The van der Waals surface area contributed by atoms with Crippen molar-refractivity contribution in [1.29, 1.82) is 0 Å². The summed E-state index contributed by atoms with van der Waals surface area (Å²) in [7, 11) is 0. The highest BCUT2D eigenvalue weighted by Crippen LogP contribution is 2.31. The molecule has 1 fully saturated rings. The third kappa shape index (κ3) is 2.37. The number of hydrogen-bond acceptors (Lipinski definition) is 5. The van der Waals surface area contributed by atoms with Crippen molar-refractivity contribution in [3.8, 4) is 11.4 Å². The Morgan fingerprint density at radius 2 is 2.24 bits per heavy atom. The van der Waals surface area contributed by atoms with Crippen molar-refractivity contribution in [2.45, 2.75) is 32.2 Å². The Balaban J connectivity index is 2.07. The Hall–Kier alpha value is -2.02. The second-order valence-electron chi connectivity index (χ2n) is 5.74. The van der Waals surface area contributed by atoms with Crippen LogP contribution in [0.1, 0.15) is 25.3 Å². The summed E-state index contributed by atoms with van der Waals surface area (Å²) in [4.78, 5) is 0. The minimum Gasteiger partial charge on any atom is -0.398 e. The molecular formula is C14H18FN5O. The van der Waals surface area contributed by atoms with Crippen LogP contribution >= 0.6 is 0 Å². The van der Waals surface area contributed by atoms with E-state index in [0.29, 0.717) is 29.2 Å². The number of aromatic nitrogens is 4. The fraction of sp³-hybridized carbons (Fsp3) is 0.500. The number of anilines is 1. The number of nitrogens with zero attached hydrogens (tertiary/aromatic N) is 4. The van der Waals surface area contributed by atoms with Crippen molar-refractivity contribution < 1.29 is 9.13 Å². The molecule has 2 N–H and O–H groups in total. The second-order valence-corrected chi connectivity index (χ2v) is 5.74. The SMILES string of the molecule is Cc1c(N)cc(-c2nnnn2C2(C)CCCOC2)cc1F. The van der Waals surface area contributed by atoms with Crippen LogP contribution in [0.2, 0.25) is 0 Å². The molecule has 0 spiro atoms. The van der Waals surface area contributed by atoms with Crippen molar-refractivity contribution in [2.24, 2.45) is 0 Å². The van der Waals surface area contributed by atoms with Crippen molar-refractivity contribution in [1.82, 2.24) is 20.2 Å². The lowest BCUT2D eigenvalue weighted by Crippen LogP contribution is -2.40. The summed E-state index contributed by atoms with van der Waals surface area (Å²) in [5, 5.41) is 11.9. The molecule has 3 rings (SSSR count). The largest absolute Gasteiger partial charge is 0.398 e. The smallest absolute Gasteiger partial charge is 0.182 e. The van der Waals surface area contributed by atoms with E-state index in [4.69, 9.17) is 10.5 Å². The summed E-state index contributed by atoms with van der Waals surface area (Å²) in [6.07, 6.45) is 1.86. The van der Waals surface area contributed by atoms with E-state index in [9.17, 15) is 4.39 Å². The number of nitrogen functional groups attached to an aromatic ring is 1. The molecule has 0 saturated carbocycles. The number of rotatable bonds is 2. The van der Waals surface area contributed by atoms with Crippen LogP contribution in [0.15, 0.2) is 12.1 Å². The minimum atomic E-state index is -0.357. The highest BCUT2D eigenvalue weighted by molar-refractivity contribution is 5.64. The molecule has 2 aromatic rings. The first kappa shape index (κ1) is 13.9. The van der Waals surface area contributed by atoms with Crippen LogP contribution < -0.4 is 5.73 Å². The van der Waals surface area contributed by atoms with Crippen LogP contribution in [-0.2, 0) is 10.3 Å². The van der Waals surface area contributed by atoms with E-state index < -0.39 is 0 Å². The molecule has 1 aromatic carbocycles. The van der Waals surface area contributed by atoms with Gasteiger partial charge in [0, 0.05) is 23.4 Å². The molecule has 1 atom stereocenters. The van der Waals surface area contributed by atoms with Crippen LogP contribution in [0, 0.1) is 12.7 Å². The standard InChI is InChI=1S/C14H18FN5O/c1-9-11(15)6-10(7-12(9)16)13-17-18-19-20(13)14(2)4-3-5-21-8-14/h6-7H,3-5,8,16H2,1-2H3. The molecule has 0 aliphatic carbocycles. The van der Waals surface area contributed by atoms with Gasteiger partial charge in [0.05, 0.1) is 12.1 Å². The van der Waals surface area contributed by atoms with Gasteiger partial charge in [-0.3, -0.25) is 0 Å². The van der Waals surface area contributed by atoms with Gasteiger partial charge in [0.2, 0.25) is 0 Å². The Morgan fingerprint density at radius 3 is 2.90 bits per heavy atom. The predicted molar refractivity (Wildman–Crippen MR) is 76.1 cm³/mol. The zero-order valence-corrected chi connectivity index (χ0v) is 12.1. The first-order chi connectivity index (χ1) is 10.0. The van der Waals surface area contributed by atoms with Gasteiger partial charge in [0.15, 0.2) is 5.82 Å². The third-order valence-electron chi connectivity index (χ3n) is 4.04. The molecule has 1 aliphatic heterocycles. The summed E-state index contributed by atoms with van der Waals surface area (Å²) in [6, 6.07) is 3.12. The van der Waals surface area contributed by atoms with Crippen LogP contribution in [-0.4, -0.2) is 33.4 Å². The molecule has 21 heavy (non-hydrogen) atoms. The van der Waals surface area contributed by atoms with Gasteiger partial charge in [-0.1, -0.05) is 0 Å². The van der Waals surface area contributed by atoms with Crippen molar-refractivity contribution in [3.63, 3.8) is 0 Å². The maximum atomic E-state index is 13.9. The summed E-state index contributed by atoms with van der Waals surface area (Å²) in [5.74, 6) is 0.151. The molecule has 1 unspecified atom stereocenters. The maximum Gasteiger partial charge on any atom is 0.182 e. The minimum absolute atomic E-state index is 0.326. The molecule has 7 heteroatoms. The topological polar surface area (TPSA) is 78.9 Å². The normalized spacial score (nSPS) is 22.4. The number of nitrogens with two attached hydrogens (primary N) is 1. The molecule has 1 saturated heterocycles. The molecule has 0 radical (unpaired) electrons. The van der Waals surface area contributed by atoms with E-state index in [0.717, 1.165) is 19.4 Å². The van der Waals surface area contributed by atoms with E-state index in [1.165, 1.54) is 6.07 Å². The monoisotopic (exact) mass is 291 g/mol. The maximum absolute atomic E-state index is 13.9. The second kappa shape index (κ2) is 5.07. The summed E-state index contributed by atoms with van der Waals surface area (Å²) < 4.78 is 21.2. The number of benzene rings is 1. The van der Waals surface area contributed by atoms with Crippen molar-refractivity contribution in [2.75, 3.05) is 18.9 Å². The van der Waals surface area contributed by atoms with E-state index in [-0.39, 0.29) is 11.4 Å². The zero-order chi connectivity index (χ0) is 15.0. The average molecular weight is 291 g/mol. The number of tetrazole rings is 1. The van der Waals surface area contributed by atoms with E-state index in [1.54, 1.807) is 17.7 Å². The Morgan fingerprint density at radius 1 is 1.43 bits per heavy atom. The third-order valence-corrected chi connectivity index (χ3v) is 4.04. The number of hydrogen-bond donors (Lipinski definition) is 1. The molecule has 0 bridgehead atoms. The van der Waals surface area contributed by atoms with Gasteiger partial charge in [-0.05, 0) is 49.2 Å². The summed E-state index contributed by atoms with van der Waals surface area (Å²) >= 11 is 0. The average Bonchev–Trinajstić information content (AvgIpc) is 2.95. The molecule has 112 valence electrons. The molecule has 0 amide bonds. The fourth-order valence-electron chi connectivity index (χ4n) is 2.65. The van der Waals surface area contributed by atoms with Gasteiger partial charge in [-0.25, -0.2) is 9.07 Å². The van der Waals surface area contributed by atoms with Crippen molar-refractivity contribution in [3.05, 3.63) is 23.5 Å². The Kier molecular flexibility index (Phi) is 3.36. The van der Waals surface area contributed by atoms with Gasteiger partial charge in [0.1, 0.15) is 5.82 Å².